The van der Waals surface area contributed by atoms with E-state index in [1.54, 1.807) is 6.07 Å². The number of hydrogen-bond acceptors (Lipinski definition) is 10. The molecule has 2 aromatic carbocycles. The largest absolute Gasteiger partial charge is 0.480 e. The van der Waals surface area contributed by atoms with E-state index in [-0.39, 0.29) is 68.7 Å². The summed E-state index contributed by atoms with van der Waals surface area (Å²) in [7, 11) is 0.822. The van der Waals surface area contributed by atoms with E-state index in [4.69, 9.17) is 35.0 Å². The van der Waals surface area contributed by atoms with Gasteiger partial charge in [-0.15, -0.1) is 0 Å². The van der Waals surface area contributed by atoms with Crippen molar-refractivity contribution in [2.45, 2.75) is 69.9 Å². The SMILES string of the molecule is COCOc1cc(-c2nc(OC)c3c(NCCO[Si](C)(C)C(C)(C)C)nc(OC[C@@]45CCCN4C[C@H](F)C5)nc3c2F)c2c(Cl)c(F)ccc2c1. The Hall–Kier alpha value is -3.43. The van der Waals surface area contributed by atoms with Crippen LogP contribution in [0.1, 0.15) is 40.0 Å². The fraction of sp³-hybridized carbons (Fsp3) is 0.528. The predicted octanol–water partition coefficient (Wildman–Crippen LogP) is 8.16. The van der Waals surface area contributed by atoms with Gasteiger partial charge in [-0.1, -0.05) is 38.4 Å². The van der Waals surface area contributed by atoms with E-state index in [2.05, 4.69) is 59.0 Å². The molecule has 2 aliphatic heterocycles. The summed E-state index contributed by atoms with van der Waals surface area (Å²) >= 11 is 6.50. The number of halogens is 4. The smallest absolute Gasteiger partial charge is 0.319 e. The Bertz CT molecular complexity index is 1930. The first-order valence-corrected chi connectivity index (χ1v) is 20.4. The lowest BCUT2D eigenvalue weighted by molar-refractivity contribution is 0.0512. The maximum atomic E-state index is 17.1. The second kappa shape index (κ2) is 14.5. The maximum absolute atomic E-state index is 17.1. The highest BCUT2D eigenvalue weighted by Gasteiger charge is 2.49. The average Bonchev–Trinajstić information content (AvgIpc) is 3.61. The molecule has 0 amide bonds. The van der Waals surface area contributed by atoms with Gasteiger partial charge in [0.2, 0.25) is 5.88 Å². The van der Waals surface area contributed by atoms with E-state index < -0.39 is 31.7 Å². The Balaban J connectivity index is 1.47. The standard InChI is InChI=1S/C36H45ClF3N5O5Si/c1-35(2,3)51(6,7)50-14-12-41-32-27-31(43-34(44-32)48-19-36-11-8-13-45(36)18-22(38)17-36)29(40)30(42-33(27)47-5)24-16-23(49-20-46-4)15-21-9-10-25(39)28(37)26(21)24/h9-10,15-16,22H,8,11-14,17-20H2,1-7H3,(H,41,43,44)/t22-,36+/m1/s1. The van der Waals surface area contributed by atoms with Crippen molar-refractivity contribution in [2.75, 3.05) is 59.2 Å². The van der Waals surface area contributed by atoms with Crippen LogP contribution in [0.15, 0.2) is 24.3 Å². The normalized spacial score (nSPS) is 19.5. The number of methoxy groups -OCH3 is 2. The van der Waals surface area contributed by atoms with Crippen molar-refractivity contribution < 1.29 is 36.5 Å². The quantitative estimate of drug-likeness (QED) is 0.0820. The number of aromatic nitrogens is 3. The van der Waals surface area contributed by atoms with E-state index in [0.717, 1.165) is 19.4 Å². The summed E-state index contributed by atoms with van der Waals surface area (Å²) in [4.78, 5) is 15.9. The van der Waals surface area contributed by atoms with Gasteiger partial charge in [0.05, 0.1) is 24.3 Å². The van der Waals surface area contributed by atoms with Gasteiger partial charge in [0.25, 0.3) is 0 Å². The van der Waals surface area contributed by atoms with Crippen LogP contribution in [0.3, 0.4) is 0 Å². The molecule has 0 saturated carbocycles. The second-order valence-electron chi connectivity index (χ2n) is 14.7. The number of rotatable bonds is 13. The number of alkyl halides is 1. The van der Waals surface area contributed by atoms with Crippen LogP contribution < -0.4 is 19.5 Å². The van der Waals surface area contributed by atoms with Crippen LogP contribution in [0, 0.1) is 11.6 Å². The molecule has 0 spiro atoms. The monoisotopic (exact) mass is 747 g/mol. The van der Waals surface area contributed by atoms with Crippen LogP contribution in [-0.4, -0.2) is 93.7 Å². The lowest BCUT2D eigenvalue weighted by Gasteiger charge is -2.36. The van der Waals surface area contributed by atoms with Gasteiger partial charge in [-0.05, 0) is 61.1 Å². The number of pyridine rings is 1. The number of benzene rings is 2. The van der Waals surface area contributed by atoms with Crippen LogP contribution >= 0.6 is 11.6 Å². The van der Waals surface area contributed by atoms with Crippen molar-refractivity contribution in [3.63, 3.8) is 0 Å². The molecule has 0 radical (unpaired) electrons. The highest BCUT2D eigenvalue weighted by molar-refractivity contribution is 6.74. The lowest BCUT2D eigenvalue weighted by Crippen LogP contribution is -2.43. The Kier molecular flexibility index (Phi) is 10.6. The fourth-order valence-electron chi connectivity index (χ4n) is 6.74. The molecular formula is C36H45ClF3N5O5Si. The first-order valence-electron chi connectivity index (χ1n) is 17.1. The van der Waals surface area contributed by atoms with Crippen molar-refractivity contribution >= 4 is 47.4 Å². The molecular weight excluding hydrogens is 703 g/mol. The van der Waals surface area contributed by atoms with Crippen LogP contribution in [0.25, 0.3) is 32.9 Å². The highest BCUT2D eigenvalue weighted by Crippen LogP contribution is 2.44. The number of ether oxygens (including phenoxy) is 4. The van der Waals surface area contributed by atoms with E-state index in [1.165, 1.54) is 32.4 Å². The number of nitrogens with zero attached hydrogens (tertiary/aromatic N) is 4. The average molecular weight is 748 g/mol. The topological polar surface area (TPSA) is 100 Å². The third-order valence-corrected chi connectivity index (χ3v) is 15.3. The van der Waals surface area contributed by atoms with Crippen molar-refractivity contribution in [1.29, 1.82) is 0 Å². The summed E-state index contributed by atoms with van der Waals surface area (Å²) in [6.07, 6.45) is 1.10. The van der Waals surface area contributed by atoms with E-state index in [9.17, 15) is 8.78 Å². The maximum Gasteiger partial charge on any atom is 0.319 e. The Morgan fingerprint density at radius 1 is 1.08 bits per heavy atom. The molecule has 2 atom stereocenters. The van der Waals surface area contributed by atoms with Gasteiger partial charge in [0, 0.05) is 37.6 Å². The molecule has 6 rings (SSSR count). The zero-order chi connectivity index (χ0) is 36.7. The van der Waals surface area contributed by atoms with Crippen molar-refractivity contribution in [3.8, 4) is 28.9 Å². The Morgan fingerprint density at radius 3 is 2.59 bits per heavy atom. The Labute approximate surface area is 302 Å². The fourth-order valence-corrected chi connectivity index (χ4v) is 8.06. The number of anilines is 1. The van der Waals surface area contributed by atoms with Crippen LogP contribution in [0.4, 0.5) is 19.0 Å². The molecule has 0 bridgehead atoms. The van der Waals surface area contributed by atoms with Crippen molar-refractivity contribution in [2.24, 2.45) is 0 Å². The molecule has 1 N–H and O–H groups in total. The van der Waals surface area contributed by atoms with Crippen molar-refractivity contribution in [3.05, 3.63) is 40.9 Å². The first kappa shape index (κ1) is 37.3. The van der Waals surface area contributed by atoms with Gasteiger partial charge in [-0.2, -0.15) is 9.97 Å². The molecule has 4 aromatic rings. The van der Waals surface area contributed by atoms with Gasteiger partial charge in [-0.3, -0.25) is 4.90 Å². The molecule has 10 nitrogen and oxygen atoms in total. The lowest BCUT2D eigenvalue weighted by atomic mass is 9.95. The third-order valence-electron chi connectivity index (χ3n) is 10.4. The molecule has 4 heterocycles. The van der Waals surface area contributed by atoms with E-state index in [1.807, 2.05) is 0 Å². The number of nitrogens with one attached hydrogen (secondary N) is 1. The molecule has 0 aliphatic carbocycles. The van der Waals surface area contributed by atoms with Gasteiger partial charge >= 0.3 is 6.01 Å². The van der Waals surface area contributed by atoms with Gasteiger partial charge < -0.3 is 28.7 Å². The minimum Gasteiger partial charge on any atom is -0.480 e. The zero-order valence-corrected chi connectivity index (χ0v) is 31.8. The molecule has 15 heteroatoms. The molecule has 0 unspecified atom stereocenters. The minimum absolute atomic E-state index is 0.0105. The molecule has 276 valence electrons. The Morgan fingerprint density at radius 2 is 1.86 bits per heavy atom. The zero-order valence-electron chi connectivity index (χ0n) is 30.1. The van der Waals surface area contributed by atoms with Crippen LogP contribution in [0.2, 0.25) is 23.2 Å². The van der Waals surface area contributed by atoms with E-state index >= 15 is 4.39 Å². The summed E-state index contributed by atoms with van der Waals surface area (Å²) in [6.45, 7) is 12.7. The summed E-state index contributed by atoms with van der Waals surface area (Å²) in [5.74, 6) is -0.960. The summed E-state index contributed by atoms with van der Waals surface area (Å²) in [5.41, 5.74) is -0.674. The highest BCUT2D eigenvalue weighted by atomic mass is 35.5. The number of hydrogen-bond donors (Lipinski definition) is 1. The van der Waals surface area contributed by atoms with Gasteiger partial charge in [0.15, 0.2) is 20.9 Å². The van der Waals surface area contributed by atoms with Gasteiger partial charge in [0.1, 0.15) is 46.8 Å². The number of fused-ring (bicyclic) bond motifs is 3. The molecule has 51 heavy (non-hydrogen) atoms. The van der Waals surface area contributed by atoms with Crippen LogP contribution in [-0.2, 0) is 9.16 Å². The molecule has 2 saturated heterocycles. The van der Waals surface area contributed by atoms with E-state index in [0.29, 0.717) is 37.3 Å². The second-order valence-corrected chi connectivity index (χ2v) is 19.9. The predicted molar refractivity (Wildman–Crippen MR) is 194 cm³/mol. The van der Waals surface area contributed by atoms with Crippen LogP contribution in [0.5, 0.6) is 17.6 Å². The first-order chi connectivity index (χ1) is 24.2. The summed E-state index contributed by atoms with van der Waals surface area (Å²) in [5, 5.41) is 3.97. The molecule has 2 fully saturated rings. The molecule has 2 aromatic heterocycles. The van der Waals surface area contributed by atoms with Gasteiger partial charge in [-0.25, -0.2) is 18.2 Å². The summed E-state index contributed by atoms with van der Waals surface area (Å²) in [6, 6.07) is 5.82. The summed E-state index contributed by atoms with van der Waals surface area (Å²) < 4.78 is 75.6. The third kappa shape index (κ3) is 7.30. The minimum atomic E-state index is -2.06. The molecule has 2 aliphatic rings. The van der Waals surface area contributed by atoms with Crippen molar-refractivity contribution in [1.82, 2.24) is 19.9 Å².